The van der Waals surface area contributed by atoms with Gasteiger partial charge in [-0.1, -0.05) is 6.07 Å². The molecule has 0 amide bonds. The Balaban J connectivity index is 1.68. The summed E-state index contributed by atoms with van der Waals surface area (Å²) in [7, 11) is 3.03. The van der Waals surface area contributed by atoms with Crippen LogP contribution in [0.4, 0.5) is 5.82 Å². The molecule has 8 heteroatoms. The van der Waals surface area contributed by atoms with Crippen LogP contribution in [0.25, 0.3) is 0 Å². The average molecular weight is 384 g/mol. The van der Waals surface area contributed by atoms with Crippen LogP contribution in [-0.4, -0.2) is 62.6 Å². The van der Waals surface area contributed by atoms with Gasteiger partial charge in [-0.25, -0.2) is 4.98 Å². The first kappa shape index (κ1) is 19.5. The van der Waals surface area contributed by atoms with Gasteiger partial charge in [0.25, 0.3) is 0 Å². The van der Waals surface area contributed by atoms with Crippen molar-refractivity contribution < 1.29 is 19.0 Å². The number of methoxy groups -OCH3 is 2. The van der Waals surface area contributed by atoms with Gasteiger partial charge in [-0.3, -0.25) is 9.80 Å². The monoisotopic (exact) mass is 384 g/mol. The normalized spacial score (nSPS) is 14.2. The third kappa shape index (κ3) is 4.70. The third-order valence-corrected chi connectivity index (χ3v) is 4.33. The van der Waals surface area contributed by atoms with Crippen molar-refractivity contribution in [2.24, 2.45) is 5.10 Å². The van der Waals surface area contributed by atoms with Gasteiger partial charge < -0.3 is 19.1 Å². The molecule has 2 heterocycles. The van der Waals surface area contributed by atoms with E-state index in [1.54, 1.807) is 24.5 Å². The summed E-state index contributed by atoms with van der Waals surface area (Å²) in [5.41, 5.74) is 0.789. The van der Waals surface area contributed by atoms with E-state index in [0.717, 1.165) is 37.6 Å². The first-order valence-corrected chi connectivity index (χ1v) is 9.00. The van der Waals surface area contributed by atoms with Crippen LogP contribution in [0.5, 0.6) is 17.2 Å². The Morgan fingerprint density at radius 2 is 1.79 bits per heavy atom. The summed E-state index contributed by atoms with van der Waals surface area (Å²) in [5, 5.41) is 6.58. The zero-order valence-electron chi connectivity index (χ0n) is 16.3. The van der Waals surface area contributed by atoms with Gasteiger partial charge >= 0.3 is 5.97 Å². The maximum absolute atomic E-state index is 11.3. The number of nitrogens with zero attached hydrogens (tertiary/aromatic N) is 4. The molecular weight excluding hydrogens is 360 g/mol. The summed E-state index contributed by atoms with van der Waals surface area (Å²) in [6, 6.07) is 9.44. The first-order valence-electron chi connectivity index (χ1n) is 9.00. The number of hydrazone groups is 1. The van der Waals surface area contributed by atoms with Crippen molar-refractivity contribution in [1.82, 2.24) is 9.99 Å². The first-order chi connectivity index (χ1) is 13.6. The third-order valence-electron chi connectivity index (χ3n) is 4.33. The Labute approximate surface area is 164 Å². The molecular formula is C20H24N4O4. The molecule has 28 heavy (non-hydrogen) atoms. The predicted octanol–water partition coefficient (Wildman–Crippen LogP) is 2.18. The molecule has 1 aliphatic rings. The molecule has 0 saturated carbocycles. The smallest absolute Gasteiger partial charge is 0.308 e. The number of esters is 1. The summed E-state index contributed by atoms with van der Waals surface area (Å²) in [6.45, 7) is 4.64. The second kappa shape index (κ2) is 9.07. The van der Waals surface area contributed by atoms with Crippen molar-refractivity contribution in [3.05, 3.63) is 42.1 Å². The highest BCUT2D eigenvalue weighted by Crippen LogP contribution is 2.38. The fraction of sp³-hybridized carbons (Fsp3) is 0.350. The lowest BCUT2D eigenvalue weighted by Crippen LogP contribution is -2.44. The van der Waals surface area contributed by atoms with E-state index in [4.69, 9.17) is 14.2 Å². The number of benzene rings is 1. The van der Waals surface area contributed by atoms with Crippen LogP contribution >= 0.6 is 0 Å². The van der Waals surface area contributed by atoms with Gasteiger partial charge in [0.2, 0.25) is 5.75 Å². The molecule has 1 fully saturated rings. The standard InChI is InChI=1S/C20H24N4O4/c1-15(25)28-20-17(26-2)12-16(13-18(20)27-3)14-22-24-10-8-23(9-11-24)19-6-4-5-7-21-19/h4-7,12-14H,8-11H2,1-3H3/b22-14-. The quantitative estimate of drug-likeness (QED) is 0.429. The van der Waals surface area contributed by atoms with E-state index in [-0.39, 0.29) is 5.75 Å². The van der Waals surface area contributed by atoms with Crippen molar-refractivity contribution in [3.63, 3.8) is 0 Å². The lowest BCUT2D eigenvalue weighted by Gasteiger charge is -2.33. The second-order valence-corrected chi connectivity index (χ2v) is 6.22. The minimum Gasteiger partial charge on any atom is -0.493 e. The van der Waals surface area contributed by atoms with Crippen molar-refractivity contribution in [3.8, 4) is 17.2 Å². The summed E-state index contributed by atoms with van der Waals surface area (Å²) < 4.78 is 15.9. The van der Waals surface area contributed by atoms with E-state index in [1.807, 2.05) is 23.2 Å². The Morgan fingerprint density at radius 3 is 2.32 bits per heavy atom. The zero-order valence-corrected chi connectivity index (χ0v) is 16.3. The molecule has 3 rings (SSSR count). The van der Waals surface area contributed by atoms with Crippen molar-refractivity contribution >= 4 is 18.0 Å². The van der Waals surface area contributed by atoms with Crippen LogP contribution in [0.1, 0.15) is 12.5 Å². The minimum atomic E-state index is -0.441. The van der Waals surface area contributed by atoms with Crippen LogP contribution in [0, 0.1) is 0 Å². The van der Waals surface area contributed by atoms with Crippen LogP contribution in [0.2, 0.25) is 0 Å². The summed E-state index contributed by atoms with van der Waals surface area (Å²) in [5.74, 6) is 1.64. The van der Waals surface area contributed by atoms with Crippen molar-refractivity contribution in [2.45, 2.75) is 6.92 Å². The lowest BCUT2D eigenvalue weighted by molar-refractivity contribution is -0.132. The average Bonchev–Trinajstić information content (AvgIpc) is 2.73. The number of hydrogen-bond donors (Lipinski definition) is 0. The lowest BCUT2D eigenvalue weighted by atomic mass is 10.2. The highest BCUT2D eigenvalue weighted by Gasteiger charge is 2.18. The topological polar surface area (TPSA) is 76.5 Å². The fourth-order valence-corrected chi connectivity index (χ4v) is 2.95. The maximum Gasteiger partial charge on any atom is 0.308 e. The maximum atomic E-state index is 11.3. The molecule has 1 aromatic heterocycles. The summed E-state index contributed by atoms with van der Waals surface area (Å²) in [4.78, 5) is 18.0. The largest absolute Gasteiger partial charge is 0.493 e. The number of ether oxygens (including phenoxy) is 3. The van der Waals surface area contributed by atoms with Gasteiger partial charge in [0, 0.05) is 31.8 Å². The van der Waals surface area contributed by atoms with E-state index in [1.165, 1.54) is 21.1 Å². The van der Waals surface area contributed by atoms with E-state index >= 15 is 0 Å². The number of aromatic nitrogens is 1. The number of rotatable bonds is 6. The molecule has 0 bridgehead atoms. The molecule has 1 aliphatic heterocycles. The Bertz CT molecular complexity index is 808. The highest BCUT2D eigenvalue weighted by molar-refractivity contribution is 5.83. The van der Waals surface area contributed by atoms with Gasteiger partial charge in [-0.05, 0) is 24.3 Å². The molecule has 0 spiro atoms. The van der Waals surface area contributed by atoms with E-state index in [0.29, 0.717) is 11.5 Å². The molecule has 148 valence electrons. The van der Waals surface area contributed by atoms with Gasteiger partial charge in [0.05, 0.1) is 33.5 Å². The summed E-state index contributed by atoms with van der Waals surface area (Å²) in [6.07, 6.45) is 3.55. The molecule has 0 radical (unpaired) electrons. The van der Waals surface area contributed by atoms with E-state index in [2.05, 4.69) is 15.0 Å². The van der Waals surface area contributed by atoms with Crippen molar-refractivity contribution in [1.29, 1.82) is 0 Å². The molecule has 0 atom stereocenters. The van der Waals surface area contributed by atoms with Gasteiger partial charge in [0.15, 0.2) is 11.5 Å². The minimum absolute atomic E-state index is 0.263. The highest BCUT2D eigenvalue weighted by atomic mass is 16.6. The van der Waals surface area contributed by atoms with Crippen LogP contribution in [0.3, 0.4) is 0 Å². The van der Waals surface area contributed by atoms with Crippen LogP contribution < -0.4 is 19.1 Å². The molecule has 0 N–H and O–H groups in total. The molecule has 8 nitrogen and oxygen atoms in total. The Hall–Kier alpha value is -3.29. The molecule has 0 aliphatic carbocycles. The molecule has 2 aromatic rings. The van der Waals surface area contributed by atoms with Crippen molar-refractivity contribution in [2.75, 3.05) is 45.3 Å². The number of hydrogen-bond acceptors (Lipinski definition) is 8. The van der Waals surface area contributed by atoms with Crippen LogP contribution in [0.15, 0.2) is 41.6 Å². The molecule has 0 unspecified atom stereocenters. The Kier molecular flexibility index (Phi) is 6.31. The number of carbonyl (C=O) groups is 1. The second-order valence-electron chi connectivity index (χ2n) is 6.22. The van der Waals surface area contributed by atoms with Crippen LogP contribution in [-0.2, 0) is 4.79 Å². The number of pyridine rings is 1. The van der Waals surface area contributed by atoms with Gasteiger partial charge in [-0.15, -0.1) is 0 Å². The van der Waals surface area contributed by atoms with E-state index in [9.17, 15) is 4.79 Å². The number of carbonyl (C=O) groups excluding carboxylic acids is 1. The SMILES string of the molecule is COc1cc(/C=N\N2CCN(c3ccccn3)CC2)cc(OC)c1OC(C)=O. The van der Waals surface area contributed by atoms with Gasteiger partial charge in [-0.2, -0.15) is 5.10 Å². The summed E-state index contributed by atoms with van der Waals surface area (Å²) >= 11 is 0. The Morgan fingerprint density at radius 1 is 1.11 bits per heavy atom. The zero-order chi connectivity index (χ0) is 19.9. The fourth-order valence-electron chi connectivity index (χ4n) is 2.95. The molecule has 1 saturated heterocycles. The predicted molar refractivity (Wildman–Crippen MR) is 106 cm³/mol. The van der Waals surface area contributed by atoms with Gasteiger partial charge in [0.1, 0.15) is 5.82 Å². The number of anilines is 1. The molecule has 1 aromatic carbocycles. The number of piperazine rings is 1. The van der Waals surface area contributed by atoms with E-state index < -0.39 is 5.97 Å².